The van der Waals surface area contributed by atoms with Crippen LogP contribution in [0.15, 0.2) is 84.9 Å². The van der Waals surface area contributed by atoms with E-state index in [9.17, 15) is 14.4 Å². The second-order valence-corrected chi connectivity index (χ2v) is 10.7. The molecule has 2 amide bonds. The summed E-state index contributed by atoms with van der Waals surface area (Å²) >= 11 is 6.47. The van der Waals surface area contributed by atoms with Gasteiger partial charge in [-0.2, -0.15) is 0 Å². The first-order chi connectivity index (χ1) is 19.5. The van der Waals surface area contributed by atoms with E-state index in [4.69, 9.17) is 25.8 Å². The molecule has 0 unspecified atom stereocenters. The van der Waals surface area contributed by atoms with Gasteiger partial charge in [-0.05, 0) is 52.2 Å². The van der Waals surface area contributed by atoms with Gasteiger partial charge in [0.1, 0.15) is 5.75 Å². The molecule has 0 saturated carbocycles. The highest BCUT2D eigenvalue weighted by molar-refractivity contribution is 6.36. The lowest BCUT2D eigenvalue weighted by molar-refractivity contribution is -0.142. The highest BCUT2D eigenvalue weighted by Crippen LogP contribution is 2.56. The summed E-state index contributed by atoms with van der Waals surface area (Å²) in [4.78, 5) is 43.1. The van der Waals surface area contributed by atoms with E-state index < -0.39 is 41.5 Å². The van der Waals surface area contributed by atoms with Gasteiger partial charge < -0.3 is 14.2 Å². The number of para-hydroxylation sites is 1. The van der Waals surface area contributed by atoms with Crippen LogP contribution in [0.5, 0.6) is 17.2 Å². The second kappa shape index (κ2) is 8.44. The van der Waals surface area contributed by atoms with Gasteiger partial charge in [0.15, 0.2) is 11.5 Å². The monoisotopic (exact) mass is 549 g/mol. The molecule has 7 nitrogen and oxygen atoms in total. The molecule has 4 aromatic carbocycles. The first kappa shape index (κ1) is 23.3. The maximum absolute atomic E-state index is 14.2. The predicted octanol–water partition coefficient (Wildman–Crippen LogP) is 5.74. The van der Waals surface area contributed by atoms with Crippen LogP contribution < -0.4 is 19.1 Å². The lowest BCUT2D eigenvalue weighted by Gasteiger charge is -2.38. The van der Waals surface area contributed by atoms with Crippen LogP contribution in [0.4, 0.5) is 5.69 Å². The number of anilines is 1. The molecule has 1 saturated heterocycles. The highest BCUT2D eigenvalue weighted by atomic mass is 35.5. The Morgan fingerprint density at radius 2 is 1.52 bits per heavy atom. The Balaban J connectivity index is 1.38. The zero-order chi connectivity index (χ0) is 27.1. The van der Waals surface area contributed by atoms with Gasteiger partial charge in [0.25, 0.3) is 0 Å². The van der Waals surface area contributed by atoms with E-state index in [-0.39, 0.29) is 11.8 Å². The molecule has 1 fully saturated rings. The summed E-state index contributed by atoms with van der Waals surface area (Å²) in [5.74, 6) is -3.08. The molecule has 0 N–H and O–H groups in total. The van der Waals surface area contributed by atoms with E-state index in [2.05, 4.69) is 0 Å². The number of imide groups is 1. The van der Waals surface area contributed by atoms with Crippen molar-refractivity contribution in [2.75, 3.05) is 11.7 Å². The SMILES string of the molecule is O=C1Oc2ccc3ccccc3c2C2=C[C@H](c3ccc4c(c3)OCO4)[C@@H]3C(=O)N(c4ccccc4Cl)C(=O)[C@H]3[C@@H]12. The van der Waals surface area contributed by atoms with E-state index >= 15 is 0 Å². The van der Waals surface area contributed by atoms with Crippen LogP contribution in [0, 0.1) is 17.8 Å². The number of carbonyl (C=O) groups is 3. The fourth-order valence-corrected chi connectivity index (χ4v) is 6.87. The molecule has 0 spiro atoms. The molecule has 40 heavy (non-hydrogen) atoms. The van der Waals surface area contributed by atoms with Crippen LogP contribution in [-0.2, 0) is 14.4 Å². The van der Waals surface area contributed by atoms with Crippen LogP contribution in [0.25, 0.3) is 16.3 Å². The van der Waals surface area contributed by atoms with Crippen molar-refractivity contribution < 1.29 is 28.6 Å². The van der Waals surface area contributed by atoms with Crippen molar-refractivity contribution in [2.24, 2.45) is 17.8 Å². The molecule has 0 aromatic heterocycles. The highest BCUT2D eigenvalue weighted by Gasteiger charge is 2.60. The lowest BCUT2D eigenvalue weighted by Crippen LogP contribution is -2.42. The number of ether oxygens (including phenoxy) is 3. The molecule has 3 aliphatic heterocycles. The minimum atomic E-state index is -0.973. The Kier molecular flexibility index (Phi) is 4.91. The van der Waals surface area contributed by atoms with E-state index in [1.54, 1.807) is 30.3 Å². The third-order valence-corrected chi connectivity index (χ3v) is 8.68. The third kappa shape index (κ3) is 3.15. The van der Waals surface area contributed by atoms with Gasteiger partial charge in [0.05, 0.1) is 28.5 Å². The fraction of sp³-hybridized carbons (Fsp3) is 0.156. The van der Waals surface area contributed by atoms with E-state index in [0.717, 1.165) is 26.8 Å². The lowest BCUT2D eigenvalue weighted by atomic mass is 9.64. The molecule has 4 aromatic rings. The van der Waals surface area contributed by atoms with Crippen molar-refractivity contribution in [3.63, 3.8) is 0 Å². The maximum Gasteiger partial charge on any atom is 0.319 e. The van der Waals surface area contributed by atoms with Gasteiger partial charge in [-0.3, -0.25) is 14.4 Å². The first-order valence-corrected chi connectivity index (χ1v) is 13.4. The average Bonchev–Trinajstić information content (AvgIpc) is 3.54. The molecular formula is C32H20ClNO6. The van der Waals surface area contributed by atoms with Crippen LogP contribution in [0.3, 0.4) is 0 Å². The number of halogens is 1. The summed E-state index contributed by atoms with van der Waals surface area (Å²) in [6.07, 6.45) is 1.97. The van der Waals surface area contributed by atoms with Crippen LogP contribution in [-0.4, -0.2) is 24.6 Å². The Morgan fingerprint density at radius 3 is 2.40 bits per heavy atom. The number of amides is 2. The smallest absolute Gasteiger partial charge is 0.319 e. The number of fused-ring (bicyclic) bond motifs is 8. The van der Waals surface area contributed by atoms with Gasteiger partial charge in [-0.1, -0.05) is 66.2 Å². The van der Waals surface area contributed by atoms with Crippen molar-refractivity contribution in [3.8, 4) is 17.2 Å². The van der Waals surface area contributed by atoms with Crippen LogP contribution >= 0.6 is 11.6 Å². The molecule has 4 atom stereocenters. The van der Waals surface area contributed by atoms with Gasteiger partial charge >= 0.3 is 5.97 Å². The Labute approximate surface area is 233 Å². The fourth-order valence-electron chi connectivity index (χ4n) is 6.65. The number of hydrogen-bond acceptors (Lipinski definition) is 6. The number of allylic oxidation sites excluding steroid dienone is 1. The predicted molar refractivity (Wildman–Crippen MR) is 147 cm³/mol. The summed E-state index contributed by atoms with van der Waals surface area (Å²) in [6, 6.07) is 23.8. The number of benzene rings is 4. The number of rotatable bonds is 2. The van der Waals surface area contributed by atoms with Gasteiger partial charge in [-0.25, -0.2) is 4.90 Å². The Morgan fingerprint density at radius 1 is 0.775 bits per heavy atom. The molecule has 8 heteroatoms. The van der Waals surface area contributed by atoms with Gasteiger partial charge in [0, 0.05) is 11.5 Å². The van der Waals surface area contributed by atoms with Crippen LogP contribution in [0.1, 0.15) is 17.0 Å². The Bertz CT molecular complexity index is 1830. The summed E-state index contributed by atoms with van der Waals surface area (Å²) in [7, 11) is 0. The Hall–Kier alpha value is -4.62. The molecule has 0 bridgehead atoms. The second-order valence-electron chi connectivity index (χ2n) is 10.3. The number of nitrogens with zero attached hydrogens (tertiary/aromatic N) is 1. The minimum absolute atomic E-state index is 0.113. The quantitative estimate of drug-likeness (QED) is 0.180. The van der Waals surface area contributed by atoms with Crippen LogP contribution in [0.2, 0.25) is 5.02 Å². The first-order valence-electron chi connectivity index (χ1n) is 13.0. The van der Waals surface area contributed by atoms with Crippen molar-refractivity contribution >= 4 is 51.4 Å². The molecule has 8 rings (SSSR count). The van der Waals surface area contributed by atoms with Crippen molar-refractivity contribution in [1.82, 2.24) is 0 Å². The maximum atomic E-state index is 14.2. The molecular weight excluding hydrogens is 530 g/mol. The van der Waals surface area contributed by atoms with E-state index in [0.29, 0.717) is 28.5 Å². The number of hydrogen-bond donors (Lipinski definition) is 0. The summed E-state index contributed by atoms with van der Waals surface area (Å²) in [5.41, 5.74) is 2.54. The molecule has 1 aliphatic carbocycles. The number of esters is 1. The van der Waals surface area contributed by atoms with E-state index in [1.165, 1.54) is 0 Å². The summed E-state index contributed by atoms with van der Waals surface area (Å²) in [5, 5.41) is 2.16. The van der Waals surface area contributed by atoms with Crippen molar-refractivity contribution in [3.05, 3.63) is 101 Å². The molecule has 3 heterocycles. The molecule has 4 aliphatic rings. The summed E-state index contributed by atoms with van der Waals surface area (Å²) < 4.78 is 17.0. The normalized spacial score (nSPS) is 24.4. The van der Waals surface area contributed by atoms with Gasteiger partial charge in [-0.15, -0.1) is 0 Å². The standard InChI is InChI=1S/C32H20ClNO6/c33-21-7-3-4-8-22(21)34-30(35)27-19(17-10-11-23-25(13-17)39-15-38-23)14-20-26-18-6-2-1-5-16(18)9-12-24(26)40-32(37)28(20)29(27)31(34)36/h1-14,19,27-29H,15H2/t19-,27+,28+,29-/m1/s1. The number of carbonyl (C=O) groups excluding carboxylic acids is 3. The van der Waals surface area contributed by atoms with Gasteiger partial charge in [0.2, 0.25) is 18.6 Å². The zero-order valence-electron chi connectivity index (χ0n) is 20.9. The topological polar surface area (TPSA) is 82.1 Å². The summed E-state index contributed by atoms with van der Waals surface area (Å²) in [6.45, 7) is 0.113. The third-order valence-electron chi connectivity index (χ3n) is 8.36. The van der Waals surface area contributed by atoms with E-state index in [1.807, 2.05) is 54.6 Å². The average molecular weight is 550 g/mol. The minimum Gasteiger partial charge on any atom is -0.454 e. The largest absolute Gasteiger partial charge is 0.454 e. The molecule has 0 radical (unpaired) electrons. The van der Waals surface area contributed by atoms with Crippen molar-refractivity contribution in [2.45, 2.75) is 5.92 Å². The van der Waals surface area contributed by atoms with Crippen molar-refractivity contribution in [1.29, 1.82) is 0 Å². The zero-order valence-corrected chi connectivity index (χ0v) is 21.6. The molecule has 196 valence electrons.